The number of hydrogen-bond donors (Lipinski definition) is 2. The zero-order valence-electron chi connectivity index (χ0n) is 8.89. The first-order valence-electron chi connectivity index (χ1n) is 4.36. The Hall–Kier alpha value is -0.0400. The van der Waals surface area contributed by atoms with Crippen molar-refractivity contribution in [3.8, 4) is 0 Å². The first-order valence-corrected chi connectivity index (χ1v) is 4.36. The van der Waals surface area contributed by atoms with Crippen molar-refractivity contribution in [2.24, 2.45) is 5.28 Å². The van der Waals surface area contributed by atoms with E-state index >= 15 is 0 Å². The molecule has 7 heteroatoms. The molecule has 0 saturated heterocycles. The van der Waals surface area contributed by atoms with E-state index in [0.29, 0.717) is 6.54 Å². The second kappa shape index (κ2) is 11.0. The summed E-state index contributed by atoms with van der Waals surface area (Å²) in [6, 6.07) is 0. The number of aliphatic hydroxyl groups is 1. The van der Waals surface area contributed by atoms with E-state index < -0.39 is 0 Å². The quantitative estimate of drug-likeness (QED) is 0.211. The number of hydrogen-bond acceptors (Lipinski definition) is 3. The predicted octanol–water partition coefficient (Wildman–Crippen LogP) is 0.357. The number of unbranched alkanes of at least 4 members (excludes halogenated alkanes) is 3. The van der Waals surface area contributed by atoms with E-state index in [1.165, 1.54) is 5.01 Å². The standard InChI is InChI=1S/C7H17N3O3.Na/c1-9(10(13)8-12)6-4-2-3-5-7-11;/h11-12H,2-7H2,1H3;. The average Bonchev–Trinajstić information content (AvgIpc) is 2.16. The molecule has 0 bridgehead atoms. The van der Waals surface area contributed by atoms with Crippen molar-refractivity contribution in [2.75, 3.05) is 20.2 Å². The number of aliphatic hydroxyl groups excluding tert-OH is 1. The van der Waals surface area contributed by atoms with Gasteiger partial charge in [0.25, 0.3) is 0 Å². The fourth-order valence-corrected chi connectivity index (χ4v) is 0.960. The molecule has 79 valence electrons. The molecule has 0 fully saturated rings. The van der Waals surface area contributed by atoms with Crippen LogP contribution < -0.4 is 0 Å². The SMILES string of the molecule is CN(CCCCCCO)[N+]([O-])=NO.[Na]. The molecular formula is C7H17N3NaO3. The van der Waals surface area contributed by atoms with Gasteiger partial charge in [-0.05, 0) is 12.8 Å². The Labute approximate surface area is 106 Å². The van der Waals surface area contributed by atoms with Crippen LogP contribution in [0.15, 0.2) is 5.28 Å². The average molecular weight is 214 g/mol. The van der Waals surface area contributed by atoms with Crippen LogP contribution in [-0.4, -0.2) is 70.0 Å². The summed E-state index contributed by atoms with van der Waals surface area (Å²) in [5, 5.41) is 31.0. The van der Waals surface area contributed by atoms with Gasteiger partial charge in [0.15, 0.2) is 0 Å². The van der Waals surface area contributed by atoms with Crippen LogP contribution in [0.5, 0.6) is 0 Å². The second-order valence-corrected chi connectivity index (χ2v) is 2.86. The third kappa shape index (κ3) is 8.55. The van der Waals surface area contributed by atoms with Gasteiger partial charge in [0, 0.05) is 36.2 Å². The molecule has 0 aliphatic heterocycles. The Morgan fingerprint density at radius 1 is 1.29 bits per heavy atom. The minimum absolute atomic E-state index is 0. The Bertz CT molecular complexity index is 157. The third-order valence-electron chi connectivity index (χ3n) is 1.76. The molecular weight excluding hydrogens is 197 g/mol. The van der Waals surface area contributed by atoms with Gasteiger partial charge >= 0.3 is 0 Å². The molecule has 0 aliphatic carbocycles. The topological polar surface area (TPSA) is 82.1 Å². The molecule has 0 saturated carbocycles. The third-order valence-corrected chi connectivity index (χ3v) is 1.76. The number of nitrogens with zero attached hydrogens (tertiary/aromatic N) is 3. The maximum Gasteiger partial charge on any atom is 0.230 e. The van der Waals surface area contributed by atoms with Crippen LogP contribution in [0.3, 0.4) is 0 Å². The summed E-state index contributed by atoms with van der Waals surface area (Å²) < 4.78 is 0. The fraction of sp³-hybridized carbons (Fsp3) is 1.00. The van der Waals surface area contributed by atoms with Crippen LogP contribution in [0.25, 0.3) is 0 Å². The van der Waals surface area contributed by atoms with Crippen LogP contribution in [0.2, 0.25) is 0 Å². The zero-order chi connectivity index (χ0) is 10.1. The predicted molar refractivity (Wildman–Crippen MR) is 51.8 cm³/mol. The van der Waals surface area contributed by atoms with Gasteiger partial charge in [0.05, 0.1) is 18.6 Å². The summed E-state index contributed by atoms with van der Waals surface area (Å²) in [6.07, 6.45) is 3.57. The van der Waals surface area contributed by atoms with Crippen molar-refractivity contribution in [3.63, 3.8) is 0 Å². The molecule has 0 heterocycles. The van der Waals surface area contributed by atoms with Crippen molar-refractivity contribution in [1.29, 1.82) is 0 Å². The second-order valence-electron chi connectivity index (χ2n) is 2.86. The van der Waals surface area contributed by atoms with E-state index in [-0.39, 0.29) is 41.1 Å². The Morgan fingerprint density at radius 2 is 1.86 bits per heavy atom. The van der Waals surface area contributed by atoms with Gasteiger partial charge in [-0.1, -0.05) is 12.8 Å². The molecule has 0 aromatic heterocycles. The zero-order valence-corrected chi connectivity index (χ0v) is 10.9. The summed E-state index contributed by atoms with van der Waals surface area (Å²) in [6.45, 7) is 0.772. The van der Waals surface area contributed by atoms with Crippen molar-refractivity contribution < 1.29 is 15.3 Å². The van der Waals surface area contributed by atoms with Gasteiger partial charge in [0.1, 0.15) is 0 Å². The van der Waals surface area contributed by atoms with Crippen LogP contribution in [0, 0.1) is 5.21 Å². The number of rotatable bonds is 7. The fourth-order valence-electron chi connectivity index (χ4n) is 0.960. The normalized spacial score (nSPS) is 10.9. The Kier molecular flexibility index (Phi) is 12.9. The van der Waals surface area contributed by atoms with E-state index in [0.717, 1.165) is 25.7 Å². The van der Waals surface area contributed by atoms with Gasteiger partial charge < -0.3 is 15.5 Å². The largest absolute Gasteiger partial charge is 0.569 e. The molecule has 6 nitrogen and oxygen atoms in total. The van der Waals surface area contributed by atoms with Gasteiger partial charge in [-0.25, -0.2) is 0 Å². The summed E-state index contributed by atoms with van der Waals surface area (Å²) in [4.78, 5) is 0.145. The van der Waals surface area contributed by atoms with E-state index in [9.17, 15) is 5.21 Å². The van der Waals surface area contributed by atoms with E-state index in [1.807, 2.05) is 0 Å². The Morgan fingerprint density at radius 3 is 2.36 bits per heavy atom. The van der Waals surface area contributed by atoms with Crippen LogP contribution in [-0.2, 0) is 0 Å². The molecule has 14 heavy (non-hydrogen) atoms. The molecule has 0 aromatic carbocycles. The van der Waals surface area contributed by atoms with Crippen LogP contribution >= 0.6 is 0 Å². The van der Waals surface area contributed by atoms with Crippen LogP contribution in [0.4, 0.5) is 0 Å². The van der Waals surface area contributed by atoms with E-state index in [2.05, 4.69) is 5.28 Å². The van der Waals surface area contributed by atoms with Gasteiger partial charge in [-0.3, -0.25) is 0 Å². The Balaban J connectivity index is 0. The molecule has 0 spiro atoms. The number of hydrazine groups is 1. The van der Waals surface area contributed by atoms with Crippen LogP contribution in [0.1, 0.15) is 25.7 Å². The maximum atomic E-state index is 10.6. The van der Waals surface area contributed by atoms with Crippen molar-refractivity contribution in [3.05, 3.63) is 5.21 Å². The molecule has 0 unspecified atom stereocenters. The molecule has 0 aliphatic rings. The summed E-state index contributed by atoms with van der Waals surface area (Å²) >= 11 is 0. The molecule has 0 atom stereocenters. The molecule has 0 amide bonds. The smallest absolute Gasteiger partial charge is 0.230 e. The minimum atomic E-state index is 0. The minimum Gasteiger partial charge on any atom is -0.569 e. The summed E-state index contributed by atoms with van der Waals surface area (Å²) in [7, 11) is 1.55. The van der Waals surface area contributed by atoms with E-state index in [4.69, 9.17) is 10.3 Å². The monoisotopic (exact) mass is 214 g/mol. The molecule has 1 radical (unpaired) electrons. The maximum absolute atomic E-state index is 10.6. The van der Waals surface area contributed by atoms with Crippen molar-refractivity contribution in [1.82, 2.24) is 5.01 Å². The van der Waals surface area contributed by atoms with Crippen molar-refractivity contribution >= 4 is 29.6 Å². The molecule has 0 rings (SSSR count). The van der Waals surface area contributed by atoms with Gasteiger partial charge in [0.2, 0.25) is 5.28 Å². The van der Waals surface area contributed by atoms with Gasteiger partial charge in [-0.2, -0.15) is 0 Å². The molecule has 0 aromatic rings. The van der Waals surface area contributed by atoms with E-state index in [1.54, 1.807) is 7.05 Å². The van der Waals surface area contributed by atoms with Crippen molar-refractivity contribution in [2.45, 2.75) is 25.7 Å². The summed E-state index contributed by atoms with van der Waals surface area (Å²) in [5.74, 6) is 0. The van der Waals surface area contributed by atoms with Gasteiger partial charge in [-0.15, -0.1) is 5.01 Å². The first kappa shape index (κ1) is 16.4. The first-order chi connectivity index (χ1) is 6.22. The summed E-state index contributed by atoms with van der Waals surface area (Å²) in [5.41, 5.74) is 0. The molecule has 2 N–H and O–H groups in total.